The second-order valence-corrected chi connectivity index (χ2v) is 5.45. The SMILES string of the molecule is COc1cc(Br)c2sc(C(=O)CBr)nc2c1. The van der Waals surface area contributed by atoms with Gasteiger partial charge in [0.2, 0.25) is 5.78 Å². The highest BCUT2D eigenvalue weighted by Gasteiger charge is 2.13. The third-order valence-corrected chi connectivity index (χ3v) is 4.56. The smallest absolute Gasteiger partial charge is 0.201 e. The zero-order chi connectivity index (χ0) is 11.7. The number of Topliss-reactive ketones (excluding diaryl/α,β-unsaturated/α-hetero) is 1. The molecule has 84 valence electrons. The summed E-state index contributed by atoms with van der Waals surface area (Å²) in [6.45, 7) is 0. The Hall–Kier alpha value is -0.460. The van der Waals surface area contributed by atoms with Crippen LogP contribution in [0.2, 0.25) is 0 Å². The highest BCUT2D eigenvalue weighted by atomic mass is 79.9. The van der Waals surface area contributed by atoms with Crippen LogP contribution in [0.25, 0.3) is 10.2 Å². The van der Waals surface area contributed by atoms with Crippen LogP contribution in [0.3, 0.4) is 0 Å². The first-order valence-electron chi connectivity index (χ1n) is 4.39. The van der Waals surface area contributed by atoms with Crippen LogP contribution in [0.4, 0.5) is 0 Å². The summed E-state index contributed by atoms with van der Waals surface area (Å²) in [7, 11) is 1.60. The highest BCUT2D eigenvalue weighted by Crippen LogP contribution is 2.33. The van der Waals surface area contributed by atoms with Gasteiger partial charge in [0, 0.05) is 10.5 Å². The van der Waals surface area contributed by atoms with Crippen LogP contribution >= 0.6 is 43.2 Å². The number of thiazole rings is 1. The summed E-state index contributed by atoms with van der Waals surface area (Å²) in [4.78, 5) is 15.8. The van der Waals surface area contributed by atoms with E-state index in [0.29, 0.717) is 10.3 Å². The molecule has 0 aliphatic carbocycles. The number of alkyl halides is 1. The van der Waals surface area contributed by atoms with Crippen LogP contribution in [0, 0.1) is 0 Å². The van der Waals surface area contributed by atoms with Gasteiger partial charge >= 0.3 is 0 Å². The number of fused-ring (bicyclic) bond motifs is 1. The number of carbonyl (C=O) groups excluding carboxylic acids is 1. The summed E-state index contributed by atoms with van der Waals surface area (Å²) in [6.07, 6.45) is 0. The molecule has 0 aliphatic heterocycles. The second-order valence-electron chi connectivity index (χ2n) is 3.03. The van der Waals surface area contributed by atoms with Gasteiger partial charge < -0.3 is 4.74 Å². The van der Waals surface area contributed by atoms with E-state index >= 15 is 0 Å². The fourth-order valence-corrected chi connectivity index (χ4v) is 3.27. The highest BCUT2D eigenvalue weighted by molar-refractivity contribution is 9.10. The number of aromatic nitrogens is 1. The normalized spacial score (nSPS) is 10.7. The number of rotatable bonds is 3. The minimum absolute atomic E-state index is 0.00735. The van der Waals surface area contributed by atoms with E-state index in [1.165, 1.54) is 11.3 Å². The van der Waals surface area contributed by atoms with Crippen molar-refractivity contribution in [1.29, 1.82) is 0 Å². The van der Waals surface area contributed by atoms with Crippen molar-refractivity contribution in [2.24, 2.45) is 0 Å². The molecule has 0 fully saturated rings. The van der Waals surface area contributed by atoms with Crippen molar-refractivity contribution < 1.29 is 9.53 Å². The number of benzene rings is 1. The van der Waals surface area contributed by atoms with Gasteiger partial charge in [-0.1, -0.05) is 15.9 Å². The van der Waals surface area contributed by atoms with E-state index in [1.54, 1.807) is 7.11 Å². The first-order chi connectivity index (χ1) is 7.65. The number of hydrogen-bond donors (Lipinski definition) is 0. The van der Waals surface area contributed by atoms with Gasteiger partial charge in [-0.2, -0.15) is 0 Å². The summed E-state index contributed by atoms with van der Waals surface area (Å²) >= 11 is 7.96. The van der Waals surface area contributed by atoms with Gasteiger partial charge in [-0.3, -0.25) is 4.79 Å². The minimum atomic E-state index is -0.00735. The molecular formula is C10H7Br2NO2S. The molecule has 0 bridgehead atoms. The Morgan fingerprint density at radius 2 is 2.31 bits per heavy atom. The lowest BCUT2D eigenvalue weighted by Gasteiger charge is -1.99. The van der Waals surface area contributed by atoms with Gasteiger partial charge in [-0.25, -0.2) is 4.98 Å². The van der Waals surface area contributed by atoms with E-state index in [0.717, 1.165) is 20.4 Å². The number of ketones is 1. The van der Waals surface area contributed by atoms with Crippen LogP contribution < -0.4 is 4.74 Å². The van der Waals surface area contributed by atoms with Gasteiger partial charge in [0.05, 0.1) is 22.7 Å². The molecule has 2 rings (SSSR count). The Kier molecular flexibility index (Phi) is 3.61. The molecule has 1 aromatic heterocycles. The third-order valence-electron chi connectivity index (χ3n) is 2.01. The second kappa shape index (κ2) is 4.81. The molecule has 3 nitrogen and oxygen atoms in total. The molecule has 0 saturated carbocycles. The fraction of sp³-hybridized carbons (Fsp3) is 0.200. The summed E-state index contributed by atoms with van der Waals surface area (Å²) in [6, 6.07) is 3.69. The summed E-state index contributed by atoms with van der Waals surface area (Å²) < 4.78 is 7.00. The average molecular weight is 365 g/mol. The van der Waals surface area contributed by atoms with Crippen molar-refractivity contribution in [1.82, 2.24) is 4.98 Å². The molecule has 0 N–H and O–H groups in total. The number of methoxy groups -OCH3 is 1. The molecule has 0 radical (unpaired) electrons. The number of halogens is 2. The maximum absolute atomic E-state index is 11.5. The molecule has 6 heteroatoms. The molecule has 0 saturated heterocycles. The zero-order valence-corrected chi connectivity index (χ0v) is 12.3. The molecule has 0 aliphatic rings. The molecule has 1 aromatic carbocycles. The molecule has 0 spiro atoms. The van der Waals surface area contributed by atoms with E-state index in [2.05, 4.69) is 36.8 Å². The molecule has 1 heterocycles. The summed E-state index contributed by atoms with van der Waals surface area (Å²) in [5, 5.41) is 0.808. The van der Waals surface area contributed by atoms with Crippen molar-refractivity contribution in [3.05, 3.63) is 21.6 Å². The van der Waals surface area contributed by atoms with E-state index in [1.807, 2.05) is 12.1 Å². The Labute approximate surface area is 113 Å². The Bertz CT molecular complexity index is 553. The zero-order valence-electron chi connectivity index (χ0n) is 8.29. The lowest BCUT2D eigenvalue weighted by Crippen LogP contribution is -1.97. The van der Waals surface area contributed by atoms with Crippen LogP contribution in [-0.2, 0) is 0 Å². The van der Waals surface area contributed by atoms with Gasteiger partial charge in [0.15, 0.2) is 5.01 Å². The first-order valence-corrected chi connectivity index (χ1v) is 7.12. The lowest BCUT2D eigenvalue weighted by molar-refractivity contribution is 0.102. The van der Waals surface area contributed by atoms with E-state index in [4.69, 9.17) is 4.74 Å². The maximum Gasteiger partial charge on any atom is 0.201 e. The largest absolute Gasteiger partial charge is 0.497 e. The van der Waals surface area contributed by atoms with Crippen molar-refractivity contribution in [3.8, 4) is 5.75 Å². The van der Waals surface area contributed by atoms with Gasteiger partial charge in [0.25, 0.3) is 0 Å². The van der Waals surface area contributed by atoms with Crippen molar-refractivity contribution >= 4 is 59.2 Å². The summed E-state index contributed by atoms with van der Waals surface area (Å²) in [5.41, 5.74) is 0.778. The monoisotopic (exact) mass is 363 g/mol. The van der Waals surface area contributed by atoms with Crippen molar-refractivity contribution in [2.45, 2.75) is 0 Å². The molecule has 0 unspecified atom stereocenters. The minimum Gasteiger partial charge on any atom is -0.497 e. The standard InChI is InChI=1S/C10H7Br2NO2S/c1-15-5-2-6(12)9-7(3-5)13-10(16-9)8(14)4-11/h2-3H,4H2,1H3. The average Bonchev–Trinajstić information content (AvgIpc) is 2.72. The van der Waals surface area contributed by atoms with Gasteiger partial charge in [-0.15, -0.1) is 11.3 Å². The van der Waals surface area contributed by atoms with Crippen LogP contribution in [0.15, 0.2) is 16.6 Å². The van der Waals surface area contributed by atoms with Gasteiger partial charge in [-0.05, 0) is 22.0 Å². The molecule has 2 aromatic rings. The predicted octanol–water partition coefficient (Wildman–Crippen LogP) is 3.65. The molecule has 0 atom stereocenters. The fourth-order valence-electron chi connectivity index (χ4n) is 1.26. The number of nitrogens with zero attached hydrogens (tertiary/aromatic N) is 1. The quantitative estimate of drug-likeness (QED) is 0.616. The van der Waals surface area contributed by atoms with Crippen LogP contribution in [-0.4, -0.2) is 23.2 Å². The lowest BCUT2D eigenvalue weighted by atomic mass is 10.3. The van der Waals surface area contributed by atoms with E-state index in [-0.39, 0.29) is 5.78 Å². The number of ether oxygens (including phenoxy) is 1. The van der Waals surface area contributed by atoms with E-state index in [9.17, 15) is 4.79 Å². The molecular weight excluding hydrogens is 358 g/mol. The van der Waals surface area contributed by atoms with Gasteiger partial charge in [0.1, 0.15) is 5.75 Å². The Morgan fingerprint density at radius 3 is 2.94 bits per heavy atom. The summed E-state index contributed by atoms with van der Waals surface area (Å²) in [5.74, 6) is 0.717. The molecule has 0 amide bonds. The van der Waals surface area contributed by atoms with Crippen LogP contribution in [0.5, 0.6) is 5.75 Å². The molecule has 16 heavy (non-hydrogen) atoms. The Morgan fingerprint density at radius 1 is 1.56 bits per heavy atom. The predicted molar refractivity (Wildman–Crippen MR) is 72.0 cm³/mol. The number of carbonyl (C=O) groups is 1. The van der Waals surface area contributed by atoms with E-state index < -0.39 is 0 Å². The first kappa shape index (κ1) is 12.0. The van der Waals surface area contributed by atoms with Crippen molar-refractivity contribution in [2.75, 3.05) is 12.4 Å². The van der Waals surface area contributed by atoms with Crippen molar-refractivity contribution in [3.63, 3.8) is 0 Å². The third kappa shape index (κ3) is 2.14. The van der Waals surface area contributed by atoms with Crippen LogP contribution in [0.1, 0.15) is 9.80 Å². The number of hydrogen-bond acceptors (Lipinski definition) is 4. The Balaban J connectivity index is 2.61. The topological polar surface area (TPSA) is 39.2 Å². The maximum atomic E-state index is 11.5.